The second kappa shape index (κ2) is 14.2. The van der Waals surface area contributed by atoms with Gasteiger partial charge in [-0.1, -0.05) is 35.1 Å². The minimum absolute atomic E-state index is 0.241. The summed E-state index contributed by atoms with van der Waals surface area (Å²) in [6, 6.07) is 7.37. The molecule has 0 bridgehead atoms. The zero-order valence-electron chi connectivity index (χ0n) is 24.7. The molecule has 0 unspecified atom stereocenters. The number of ether oxygens (including phenoxy) is 2. The lowest BCUT2D eigenvalue weighted by atomic mass is 10.2. The molecule has 11 nitrogen and oxygen atoms in total. The van der Waals surface area contributed by atoms with Gasteiger partial charge < -0.3 is 25.0 Å². The van der Waals surface area contributed by atoms with Crippen molar-refractivity contribution >= 4 is 57.3 Å². The van der Waals surface area contributed by atoms with Crippen LogP contribution in [-0.4, -0.2) is 83.3 Å². The summed E-state index contributed by atoms with van der Waals surface area (Å²) in [6.07, 6.45) is 1.79. The molecule has 13 heteroatoms. The number of benzene rings is 1. The van der Waals surface area contributed by atoms with Gasteiger partial charge in [-0.3, -0.25) is 14.5 Å². The van der Waals surface area contributed by atoms with Crippen LogP contribution in [0.25, 0.3) is 0 Å². The molecular formula is C29H38ClN7O4S. The van der Waals surface area contributed by atoms with Crippen LogP contribution in [0.2, 0.25) is 5.02 Å². The Balaban J connectivity index is 1.25. The third kappa shape index (κ3) is 9.35. The molecule has 1 aliphatic rings. The fraction of sp³-hybridized carbons (Fsp3) is 0.483. The summed E-state index contributed by atoms with van der Waals surface area (Å²) in [7, 11) is 0. The number of anilines is 4. The monoisotopic (exact) mass is 615 g/mol. The molecule has 0 aliphatic carbocycles. The molecule has 0 atom stereocenters. The van der Waals surface area contributed by atoms with Crippen LogP contribution < -0.4 is 15.5 Å². The topological polar surface area (TPSA) is 122 Å². The number of hydrogen-bond acceptors (Lipinski definition) is 11. The number of aromatic nitrogens is 3. The number of carbonyl (C=O) groups is 2. The lowest BCUT2D eigenvalue weighted by molar-refractivity contribution is -0.156. The van der Waals surface area contributed by atoms with Crippen molar-refractivity contribution in [2.75, 3.05) is 61.5 Å². The third-order valence-corrected chi connectivity index (χ3v) is 7.59. The molecule has 1 amide bonds. The van der Waals surface area contributed by atoms with Crippen LogP contribution in [0.15, 0.2) is 30.5 Å². The number of hydrogen-bond donors (Lipinski definition) is 2. The minimum Gasteiger partial charge on any atom is -0.460 e. The van der Waals surface area contributed by atoms with Crippen molar-refractivity contribution in [1.82, 2.24) is 19.9 Å². The van der Waals surface area contributed by atoms with E-state index < -0.39 is 5.60 Å². The summed E-state index contributed by atoms with van der Waals surface area (Å²) in [5, 5.41) is 7.13. The first-order chi connectivity index (χ1) is 20.0. The van der Waals surface area contributed by atoms with Crippen molar-refractivity contribution in [2.45, 2.75) is 46.6 Å². The number of aryl methyl sites for hydroxylation is 2. The van der Waals surface area contributed by atoms with Gasteiger partial charge in [-0.25, -0.2) is 15.0 Å². The first kappa shape index (κ1) is 31.6. The van der Waals surface area contributed by atoms with E-state index in [-0.39, 0.29) is 18.3 Å². The standard InChI is InChI=1S/C29H38ClN7O4S/c1-19-7-6-8-21(30)26(19)35-27(39)22-18-31-28(42-22)34-23-17-24(33-20(2)32-23)37-12-10-36(11-13-37)14-16-40-15-9-25(38)41-29(3,4)5/h6-8,17-18H,9-16H2,1-5H3,(H,35,39)(H,31,32,33,34). The Morgan fingerprint density at radius 1 is 1.10 bits per heavy atom. The molecule has 1 aliphatic heterocycles. The summed E-state index contributed by atoms with van der Waals surface area (Å²) < 4.78 is 11.0. The van der Waals surface area contributed by atoms with Gasteiger partial charge in [0.15, 0.2) is 5.13 Å². The predicted molar refractivity (Wildman–Crippen MR) is 166 cm³/mol. The van der Waals surface area contributed by atoms with Crippen molar-refractivity contribution in [3.63, 3.8) is 0 Å². The second-order valence-electron chi connectivity index (χ2n) is 11.0. The number of halogens is 1. The van der Waals surface area contributed by atoms with Crippen LogP contribution in [0.1, 0.15) is 48.3 Å². The van der Waals surface area contributed by atoms with E-state index in [9.17, 15) is 9.59 Å². The van der Waals surface area contributed by atoms with E-state index in [1.54, 1.807) is 6.07 Å². The minimum atomic E-state index is -0.476. The number of nitrogens with zero attached hydrogens (tertiary/aromatic N) is 5. The largest absolute Gasteiger partial charge is 0.460 e. The van der Waals surface area contributed by atoms with E-state index in [0.29, 0.717) is 45.6 Å². The zero-order valence-corrected chi connectivity index (χ0v) is 26.3. The Hall–Kier alpha value is -3.32. The van der Waals surface area contributed by atoms with Gasteiger partial charge in [0.2, 0.25) is 0 Å². The third-order valence-electron chi connectivity index (χ3n) is 6.37. The Bertz CT molecular complexity index is 1370. The van der Waals surface area contributed by atoms with Crippen molar-refractivity contribution in [1.29, 1.82) is 0 Å². The Kier molecular flexibility index (Phi) is 10.7. The van der Waals surface area contributed by atoms with Crippen molar-refractivity contribution in [3.05, 3.63) is 51.7 Å². The quantitative estimate of drug-likeness (QED) is 0.223. The van der Waals surface area contributed by atoms with Crippen LogP contribution >= 0.6 is 22.9 Å². The number of carbonyl (C=O) groups excluding carboxylic acids is 2. The summed E-state index contributed by atoms with van der Waals surface area (Å²) >= 11 is 7.49. The predicted octanol–water partition coefficient (Wildman–Crippen LogP) is 5.07. The summed E-state index contributed by atoms with van der Waals surface area (Å²) in [5.41, 5.74) is 0.997. The van der Waals surface area contributed by atoms with E-state index in [0.717, 1.165) is 44.1 Å². The van der Waals surface area contributed by atoms with E-state index >= 15 is 0 Å². The fourth-order valence-electron chi connectivity index (χ4n) is 4.33. The average molecular weight is 616 g/mol. The zero-order chi connectivity index (χ0) is 30.3. The lowest BCUT2D eigenvalue weighted by Gasteiger charge is -2.35. The van der Waals surface area contributed by atoms with Gasteiger partial charge in [-0.05, 0) is 46.2 Å². The molecule has 1 saturated heterocycles. The van der Waals surface area contributed by atoms with Crippen LogP contribution in [0.5, 0.6) is 0 Å². The van der Waals surface area contributed by atoms with E-state index in [4.69, 9.17) is 21.1 Å². The van der Waals surface area contributed by atoms with Gasteiger partial charge >= 0.3 is 5.97 Å². The number of amides is 1. The van der Waals surface area contributed by atoms with E-state index in [1.165, 1.54) is 17.5 Å². The Morgan fingerprint density at radius 2 is 1.86 bits per heavy atom. The normalized spacial score (nSPS) is 14.1. The SMILES string of the molecule is Cc1nc(Nc2ncc(C(=O)Nc3c(C)cccc3Cl)s2)cc(N2CCN(CCOCCC(=O)OC(C)(C)C)CC2)n1. The summed E-state index contributed by atoms with van der Waals surface area (Å²) in [6.45, 7) is 14.4. The highest BCUT2D eigenvalue weighted by Gasteiger charge is 2.20. The molecular weight excluding hydrogens is 578 g/mol. The maximum Gasteiger partial charge on any atom is 0.308 e. The van der Waals surface area contributed by atoms with Crippen molar-refractivity contribution in [3.8, 4) is 0 Å². The first-order valence-electron chi connectivity index (χ1n) is 13.9. The molecule has 1 fully saturated rings. The number of esters is 1. The Morgan fingerprint density at radius 3 is 2.57 bits per heavy atom. The number of piperazine rings is 1. The summed E-state index contributed by atoms with van der Waals surface area (Å²) in [5.74, 6) is 1.57. The number of thiazole rings is 1. The van der Waals surface area contributed by atoms with Crippen LogP contribution in [-0.2, 0) is 14.3 Å². The number of nitrogens with one attached hydrogen (secondary N) is 2. The van der Waals surface area contributed by atoms with E-state index in [2.05, 4.69) is 35.4 Å². The number of rotatable bonds is 11. The average Bonchev–Trinajstić information content (AvgIpc) is 3.38. The highest BCUT2D eigenvalue weighted by molar-refractivity contribution is 7.17. The van der Waals surface area contributed by atoms with Gasteiger partial charge in [-0.2, -0.15) is 0 Å². The second-order valence-corrected chi connectivity index (χ2v) is 12.4. The molecule has 0 spiro atoms. The highest BCUT2D eigenvalue weighted by atomic mass is 35.5. The van der Waals surface area contributed by atoms with Gasteiger partial charge in [0.25, 0.3) is 5.91 Å². The fourth-order valence-corrected chi connectivity index (χ4v) is 5.32. The van der Waals surface area contributed by atoms with Gasteiger partial charge in [0.05, 0.1) is 36.5 Å². The molecule has 0 saturated carbocycles. The molecule has 226 valence electrons. The van der Waals surface area contributed by atoms with Crippen LogP contribution in [0.4, 0.5) is 22.5 Å². The molecule has 2 N–H and O–H groups in total. The molecule has 42 heavy (non-hydrogen) atoms. The van der Waals surface area contributed by atoms with Gasteiger partial charge in [-0.15, -0.1) is 0 Å². The van der Waals surface area contributed by atoms with Crippen LogP contribution in [0, 0.1) is 13.8 Å². The van der Waals surface area contributed by atoms with Crippen LogP contribution in [0.3, 0.4) is 0 Å². The molecule has 0 radical (unpaired) electrons. The molecule has 2 aromatic heterocycles. The molecule has 1 aromatic carbocycles. The van der Waals surface area contributed by atoms with E-state index in [1.807, 2.05) is 52.8 Å². The smallest absolute Gasteiger partial charge is 0.308 e. The Labute approximate surface area is 255 Å². The molecule has 3 heterocycles. The van der Waals surface area contributed by atoms with Crippen molar-refractivity contribution in [2.24, 2.45) is 0 Å². The lowest BCUT2D eigenvalue weighted by Crippen LogP contribution is -2.47. The highest BCUT2D eigenvalue weighted by Crippen LogP contribution is 2.28. The maximum absolute atomic E-state index is 12.8. The molecule has 3 aromatic rings. The first-order valence-corrected chi connectivity index (χ1v) is 15.1. The van der Waals surface area contributed by atoms with Crippen molar-refractivity contribution < 1.29 is 19.1 Å². The molecule has 4 rings (SSSR count). The number of para-hydroxylation sites is 1. The summed E-state index contributed by atoms with van der Waals surface area (Å²) in [4.78, 5) is 43.1. The van der Waals surface area contributed by atoms with Gasteiger partial charge in [0.1, 0.15) is 27.9 Å². The van der Waals surface area contributed by atoms with Gasteiger partial charge in [0, 0.05) is 38.8 Å². The maximum atomic E-state index is 12.8.